The predicted molar refractivity (Wildman–Crippen MR) is 103 cm³/mol. The monoisotopic (exact) mass is 382 g/mol. The van der Waals surface area contributed by atoms with Crippen LogP contribution in [0.25, 0.3) is 15.5 Å². The summed E-state index contributed by atoms with van der Waals surface area (Å²) in [5.74, 6) is -0.174. The fourth-order valence-electron chi connectivity index (χ4n) is 2.51. The normalized spacial score (nSPS) is 11.0. The summed E-state index contributed by atoms with van der Waals surface area (Å²) in [6, 6.07) is 12.9. The molecule has 1 aromatic carbocycles. The van der Waals surface area contributed by atoms with Gasteiger partial charge in [0, 0.05) is 11.6 Å². The zero-order chi connectivity index (χ0) is 18.1. The van der Waals surface area contributed by atoms with Gasteiger partial charge in [0.1, 0.15) is 5.01 Å². The van der Waals surface area contributed by atoms with Gasteiger partial charge in [-0.05, 0) is 24.4 Å². The third kappa shape index (κ3) is 3.29. The maximum atomic E-state index is 12.3. The second-order valence-corrected chi connectivity index (χ2v) is 7.62. The third-order valence-electron chi connectivity index (χ3n) is 3.74. The Kier molecular flexibility index (Phi) is 4.36. The number of benzene rings is 1. The lowest BCUT2D eigenvalue weighted by atomic mass is 10.1. The number of thiophene rings is 1. The molecule has 0 spiro atoms. The number of hydrogen-bond acceptors (Lipinski definition) is 6. The van der Waals surface area contributed by atoms with E-state index in [1.165, 1.54) is 33.3 Å². The van der Waals surface area contributed by atoms with Crippen LogP contribution >= 0.6 is 22.7 Å². The van der Waals surface area contributed by atoms with E-state index in [1.807, 2.05) is 42.6 Å². The number of aryl methyl sites for hydroxylation is 1. The van der Waals surface area contributed by atoms with E-state index in [-0.39, 0.29) is 18.0 Å². The number of hydrogen-bond donors (Lipinski definition) is 1. The quantitative estimate of drug-likeness (QED) is 0.588. The highest BCUT2D eigenvalue weighted by molar-refractivity contribution is 7.19. The number of amides is 1. The van der Waals surface area contributed by atoms with Gasteiger partial charge in [0.15, 0.2) is 0 Å². The lowest BCUT2D eigenvalue weighted by molar-refractivity contribution is 0.0954. The molecule has 0 aliphatic heterocycles. The number of rotatable bonds is 4. The Morgan fingerprint density at radius 2 is 2.12 bits per heavy atom. The van der Waals surface area contributed by atoms with Gasteiger partial charge in [0.2, 0.25) is 4.96 Å². The van der Waals surface area contributed by atoms with Crippen LogP contribution in [0.5, 0.6) is 0 Å². The second kappa shape index (κ2) is 6.81. The summed E-state index contributed by atoms with van der Waals surface area (Å²) < 4.78 is 1.30. The van der Waals surface area contributed by atoms with Gasteiger partial charge < -0.3 is 5.32 Å². The van der Waals surface area contributed by atoms with Gasteiger partial charge in [0.25, 0.3) is 11.5 Å². The third-order valence-corrected chi connectivity index (χ3v) is 5.56. The molecule has 1 amide bonds. The van der Waals surface area contributed by atoms with Gasteiger partial charge >= 0.3 is 0 Å². The number of nitrogens with one attached hydrogen (secondary N) is 1. The summed E-state index contributed by atoms with van der Waals surface area (Å²) in [7, 11) is 0. The number of carbonyl (C=O) groups excluding carboxylic acids is 1. The zero-order valence-corrected chi connectivity index (χ0v) is 15.4. The van der Waals surface area contributed by atoms with Crippen molar-refractivity contribution >= 4 is 33.5 Å². The summed E-state index contributed by atoms with van der Waals surface area (Å²) in [6.07, 6.45) is 0. The van der Waals surface area contributed by atoms with Gasteiger partial charge in [-0.2, -0.15) is 9.61 Å². The number of fused-ring (bicyclic) bond motifs is 1. The number of aromatic nitrogens is 3. The van der Waals surface area contributed by atoms with Crippen LogP contribution in [0, 0.1) is 6.92 Å². The summed E-state index contributed by atoms with van der Waals surface area (Å²) in [6.45, 7) is 2.20. The molecule has 26 heavy (non-hydrogen) atoms. The van der Waals surface area contributed by atoms with Crippen LogP contribution in [0.3, 0.4) is 0 Å². The van der Waals surface area contributed by atoms with Crippen molar-refractivity contribution in [3.8, 4) is 10.6 Å². The molecule has 0 atom stereocenters. The van der Waals surface area contributed by atoms with Crippen molar-refractivity contribution < 1.29 is 4.79 Å². The molecule has 0 saturated carbocycles. The molecule has 3 heterocycles. The SMILES string of the molecule is Cc1cccc(-c2nn3c(=O)cc(CNC(=O)c4cccs4)nc3s2)c1. The highest BCUT2D eigenvalue weighted by atomic mass is 32.1. The summed E-state index contributed by atoms with van der Waals surface area (Å²) in [5, 5.41) is 9.74. The van der Waals surface area contributed by atoms with Gasteiger partial charge in [-0.1, -0.05) is 41.2 Å². The molecule has 0 radical (unpaired) electrons. The Labute approximate surface area is 156 Å². The lowest BCUT2D eigenvalue weighted by Crippen LogP contribution is -2.24. The van der Waals surface area contributed by atoms with Crippen LogP contribution < -0.4 is 10.9 Å². The standard InChI is InChI=1S/C18H14N4O2S2/c1-11-4-2-5-12(8-11)17-21-22-15(23)9-13(20-18(22)26-17)10-19-16(24)14-6-3-7-25-14/h2-9H,10H2,1H3,(H,19,24). The van der Waals surface area contributed by atoms with E-state index in [0.29, 0.717) is 15.5 Å². The van der Waals surface area contributed by atoms with Crippen molar-refractivity contribution in [2.75, 3.05) is 0 Å². The Morgan fingerprint density at radius 1 is 1.23 bits per heavy atom. The number of nitrogens with zero attached hydrogens (tertiary/aromatic N) is 3. The largest absolute Gasteiger partial charge is 0.346 e. The fraction of sp³-hybridized carbons (Fsp3) is 0.111. The average Bonchev–Trinajstić information content (AvgIpc) is 3.29. The molecule has 6 nitrogen and oxygen atoms in total. The summed E-state index contributed by atoms with van der Waals surface area (Å²) >= 11 is 2.72. The molecule has 0 unspecified atom stereocenters. The van der Waals surface area contributed by atoms with Crippen molar-refractivity contribution in [2.45, 2.75) is 13.5 Å². The zero-order valence-electron chi connectivity index (χ0n) is 13.8. The molecular weight excluding hydrogens is 368 g/mol. The molecule has 0 aliphatic carbocycles. The molecule has 0 bridgehead atoms. The minimum atomic E-state index is -0.259. The summed E-state index contributed by atoms with van der Waals surface area (Å²) in [4.78, 5) is 30.0. The molecule has 8 heteroatoms. The van der Waals surface area contributed by atoms with Crippen molar-refractivity contribution in [1.29, 1.82) is 0 Å². The van der Waals surface area contributed by atoms with Crippen LogP contribution in [-0.2, 0) is 6.54 Å². The van der Waals surface area contributed by atoms with Crippen LogP contribution in [0.4, 0.5) is 0 Å². The molecule has 3 aromatic heterocycles. The van der Waals surface area contributed by atoms with Crippen molar-refractivity contribution in [2.24, 2.45) is 0 Å². The first-order valence-electron chi connectivity index (χ1n) is 7.89. The molecule has 1 N–H and O–H groups in total. The Hall–Kier alpha value is -2.84. The van der Waals surface area contributed by atoms with Gasteiger partial charge in [-0.25, -0.2) is 4.98 Å². The molecule has 0 saturated heterocycles. The van der Waals surface area contributed by atoms with Crippen molar-refractivity contribution in [3.63, 3.8) is 0 Å². The average molecular weight is 382 g/mol. The van der Waals surface area contributed by atoms with E-state index in [4.69, 9.17) is 0 Å². The Bertz CT molecular complexity index is 1150. The topological polar surface area (TPSA) is 76.4 Å². The molecule has 0 aliphatic rings. The maximum absolute atomic E-state index is 12.3. The smallest absolute Gasteiger partial charge is 0.275 e. The first-order valence-corrected chi connectivity index (χ1v) is 9.58. The Morgan fingerprint density at radius 3 is 2.88 bits per heavy atom. The molecule has 130 valence electrons. The van der Waals surface area contributed by atoms with Gasteiger partial charge in [0.05, 0.1) is 17.1 Å². The first kappa shape index (κ1) is 16.6. The van der Waals surface area contributed by atoms with Crippen LogP contribution in [0.1, 0.15) is 20.9 Å². The molecule has 4 rings (SSSR count). The minimum absolute atomic E-state index is 0.174. The molecule has 0 fully saturated rings. The highest BCUT2D eigenvalue weighted by Gasteiger charge is 2.12. The van der Waals surface area contributed by atoms with E-state index in [0.717, 1.165) is 16.1 Å². The number of carbonyl (C=O) groups is 1. The lowest BCUT2D eigenvalue weighted by Gasteiger charge is -2.02. The van der Waals surface area contributed by atoms with Gasteiger partial charge in [-0.15, -0.1) is 11.3 Å². The van der Waals surface area contributed by atoms with Gasteiger partial charge in [-0.3, -0.25) is 9.59 Å². The molecule has 4 aromatic rings. The van der Waals surface area contributed by atoms with Crippen LogP contribution in [-0.4, -0.2) is 20.5 Å². The maximum Gasteiger partial charge on any atom is 0.275 e. The molecular formula is C18H14N4O2S2. The van der Waals surface area contributed by atoms with E-state index in [2.05, 4.69) is 15.4 Å². The Balaban J connectivity index is 1.62. The summed E-state index contributed by atoms with van der Waals surface area (Å²) in [5.41, 5.74) is 2.33. The van der Waals surface area contributed by atoms with E-state index in [1.54, 1.807) is 6.07 Å². The van der Waals surface area contributed by atoms with Crippen LogP contribution in [0.15, 0.2) is 52.6 Å². The highest BCUT2D eigenvalue weighted by Crippen LogP contribution is 2.24. The fourth-order valence-corrected chi connectivity index (χ4v) is 4.07. The van der Waals surface area contributed by atoms with E-state index >= 15 is 0 Å². The second-order valence-electron chi connectivity index (χ2n) is 5.72. The van der Waals surface area contributed by atoms with Crippen LogP contribution in [0.2, 0.25) is 0 Å². The predicted octanol–water partition coefficient (Wildman–Crippen LogP) is 3.12. The first-order chi connectivity index (χ1) is 12.6. The minimum Gasteiger partial charge on any atom is -0.346 e. The van der Waals surface area contributed by atoms with Crippen molar-refractivity contribution in [1.82, 2.24) is 19.9 Å². The van der Waals surface area contributed by atoms with E-state index in [9.17, 15) is 9.59 Å². The van der Waals surface area contributed by atoms with Crippen molar-refractivity contribution in [3.05, 3.63) is 74.3 Å². The van der Waals surface area contributed by atoms with E-state index < -0.39 is 0 Å².